The van der Waals surface area contributed by atoms with Crippen molar-refractivity contribution in [1.82, 2.24) is 0 Å². The van der Waals surface area contributed by atoms with Gasteiger partial charge in [-0.05, 0) is 25.5 Å². The molecule has 0 saturated carbocycles. The molecule has 72 valence electrons. The molecule has 0 amide bonds. The van der Waals surface area contributed by atoms with Crippen molar-refractivity contribution >= 4 is 0 Å². The Balaban J connectivity index is 3.01. The van der Waals surface area contributed by atoms with Crippen LogP contribution in [0, 0.1) is 12.7 Å². The van der Waals surface area contributed by atoms with Crippen LogP contribution in [-0.4, -0.2) is 11.2 Å². The summed E-state index contributed by atoms with van der Waals surface area (Å²) in [6.45, 7) is 3.35. The predicted molar refractivity (Wildman–Crippen MR) is 49.7 cm³/mol. The van der Waals surface area contributed by atoms with Crippen LogP contribution in [0.4, 0.5) is 4.39 Å². The summed E-state index contributed by atoms with van der Waals surface area (Å²) < 4.78 is 13.3. The molecule has 0 radical (unpaired) electrons. The van der Waals surface area contributed by atoms with Crippen molar-refractivity contribution in [3.63, 3.8) is 0 Å². The molecule has 0 aliphatic carbocycles. The molecule has 0 fully saturated rings. The number of aliphatic hydroxyl groups excluding tert-OH is 1. The first-order chi connectivity index (χ1) is 6.02. The highest BCUT2D eigenvalue weighted by Gasteiger charge is 2.15. The van der Waals surface area contributed by atoms with Crippen LogP contribution in [0.5, 0.6) is 0 Å². The third-order valence-electron chi connectivity index (χ3n) is 2.03. The lowest BCUT2D eigenvalue weighted by molar-refractivity contribution is 0.162. The van der Waals surface area contributed by atoms with Gasteiger partial charge in [0.05, 0.1) is 12.1 Å². The average molecular weight is 183 g/mol. The molecule has 13 heavy (non-hydrogen) atoms. The number of aliphatic hydroxyl groups is 1. The summed E-state index contributed by atoms with van der Waals surface area (Å²) >= 11 is 0. The Labute approximate surface area is 77.2 Å². The number of benzene rings is 1. The summed E-state index contributed by atoms with van der Waals surface area (Å²) in [5.74, 6) is -0.353. The maximum Gasteiger partial charge on any atom is 0.128 e. The third-order valence-corrected chi connectivity index (χ3v) is 2.03. The summed E-state index contributed by atoms with van der Waals surface area (Å²) in [5.41, 5.74) is 6.81. The molecule has 2 atom stereocenters. The van der Waals surface area contributed by atoms with Crippen molar-refractivity contribution in [2.24, 2.45) is 5.73 Å². The van der Waals surface area contributed by atoms with Crippen LogP contribution < -0.4 is 5.73 Å². The molecule has 0 spiro atoms. The lowest BCUT2D eigenvalue weighted by atomic mass is 10.0. The van der Waals surface area contributed by atoms with Gasteiger partial charge in [-0.25, -0.2) is 4.39 Å². The number of rotatable bonds is 2. The molecule has 1 rings (SSSR count). The summed E-state index contributed by atoms with van der Waals surface area (Å²) in [7, 11) is 0. The van der Waals surface area contributed by atoms with Gasteiger partial charge in [0.2, 0.25) is 0 Å². The van der Waals surface area contributed by atoms with Gasteiger partial charge in [0, 0.05) is 5.56 Å². The number of nitrogens with two attached hydrogens (primary N) is 1. The fourth-order valence-corrected chi connectivity index (χ4v) is 1.16. The van der Waals surface area contributed by atoms with E-state index in [-0.39, 0.29) is 5.82 Å². The van der Waals surface area contributed by atoms with Crippen LogP contribution in [0.3, 0.4) is 0 Å². The molecule has 3 N–H and O–H groups in total. The Kier molecular flexibility index (Phi) is 3.01. The molecule has 1 aromatic rings. The van der Waals surface area contributed by atoms with E-state index in [0.29, 0.717) is 5.56 Å². The quantitative estimate of drug-likeness (QED) is 0.730. The van der Waals surface area contributed by atoms with Crippen molar-refractivity contribution < 1.29 is 9.50 Å². The van der Waals surface area contributed by atoms with Gasteiger partial charge in [-0.15, -0.1) is 0 Å². The Morgan fingerprint density at radius 2 is 2.08 bits per heavy atom. The Bertz CT molecular complexity index is 299. The van der Waals surface area contributed by atoms with E-state index >= 15 is 0 Å². The molecule has 2 nitrogen and oxygen atoms in total. The lowest BCUT2D eigenvalue weighted by Gasteiger charge is -2.15. The van der Waals surface area contributed by atoms with E-state index in [2.05, 4.69) is 0 Å². The minimum atomic E-state index is -0.739. The fourth-order valence-electron chi connectivity index (χ4n) is 1.16. The molecule has 0 aliphatic rings. The maximum atomic E-state index is 13.3. The van der Waals surface area contributed by atoms with Gasteiger partial charge in [0.25, 0.3) is 0 Å². The van der Waals surface area contributed by atoms with E-state index in [0.717, 1.165) is 5.56 Å². The SMILES string of the molecule is Cc1ccc([C@@H](N)C(C)O)c(F)c1. The molecular formula is C10H14FNO. The molecule has 0 bridgehead atoms. The molecule has 0 aliphatic heterocycles. The fraction of sp³-hybridized carbons (Fsp3) is 0.400. The lowest BCUT2D eigenvalue weighted by Crippen LogP contribution is -2.24. The highest BCUT2D eigenvalue weighted by molar-refractivity contribution is 5.26. The second kappa shape index (κ2) is 3.85. The van der Waals surface area contributed by atoms with Crippen LogP contribution in [0.25, 0.3) is 0 Å². The molecule has 1 unspecified atom stereocenters. The average Bonchev–Trinajstić information content (AvgIpc) is 2.03. The van der Waals surface area contributed by atoms with Gasteiger partial charge in [0.15, 0.2) is 0 Å². The zero-order valence-corrected chi connectivity index (χ0v) is 7.79. The van der Waals surface area contributed by atoms with E-state index in [9.17, 15) is 9.50 Å². The highest BCUT2D eigenvalue weighted by Crippen LogP contribution is 2.18. The Morgan fingerprint density at radius 1 is 1.46 bits per heavy atom. The van der Waals surface area contributed by atoms with Crippen molar-refractivity contribution in [2.45, 2.75) is 26.0 Å². The summed E-state index contributed by atoms with van der Waals surface area (Å²) in [4.78, 5) is 0. The van der Waals surface area contributed by atoms with Crippen molar-refractivity contribution in [3.05, 3.63) is 35.1 Å². The zero-order chi connectivity index (χ0) is 10.0. The number of hydrogen-bond donors (Lipinski definition) is 2. The normalized spacial score (nSPS) is 15.5. The van der Waals surface area contributed by atoms with Crippen LogP contribution >= 0.6 is 0 Å². The van der Waals surface area contributed by atoms with Crippen LogP contribution in [0.15, 0.2) is 18.2 Å². The monoisotopic (exact) mass is 183 g/mol. The summed E-state index contributed by atoms with van der Waals surface area (Å²) in [6.07, 6.45) is -0.739. The van der Waals surface area contributed by atoms with Gasteiger partial charge in [-0.3, -0.25) is 0 Å². The topological polar surface area (TPSA) is 46.2 Å². The zero-order valence-electron chi connectivity index (χ0n) is 7.79. The minimum Gasteiger partial charge on any atom is -0.391 e. The second-order valence-corrected chi connectivity index (χ2v) is 3.29. The third kappa shape index (κ3) is 2.26. The predicted octanol–water partition coefficient (Wildman–Crippen LogP) is 1.51. The second-order valence-electron chi connectivity index (χ2n) is 3.29. The van der Waals surface area contributed by atoms with Gasteiger partial charge >= 0.3 is 0 Å². The van der Waals surface area contributed by atoms with Crippen molar-refractivity contribution in [3.8, 4) is 0 Å². The van der Waals surface area contributed by atoms with E-state index in [1.54, 1.807) is 26.0 Å². The summed E-state index contributed by atoms with van der Waals surface area (Å²) in [6, 6.07) is 4.15. The van der Waals surface area contributed by atoms with E-state index in [1.165, 1.54) is 6.07 Å². The smallest absolute Gasteiger partial charge is 0.128 e. The Morgan fingerprint density at radius 3 is 2.54 bits per heavy atom. The number of halogens is 1. The minimum absolute atomic E-state index is 0.353. The molecule has 3 heteroatoms. The van der Waals surface area contributed by atoms with E-state index < -0.39 is 12.1 Å². The van der Waals surface area contributed by atoms with Crippen LogP contribution in [0.1, 0.15) is 24.1 Å². The van der Waals surface area contributed by atoms with Crippen LogP contribution in [-0.2, 0) is 0 Å². The highest BCUT2D eigenvalue weighted by atomic mass is 19.1. The van der Waals surface area contributed by atoms with E-state index in [4.69, 9.17) is 5.73 Å². The van der Waals surface area contributed by atoms with Gasteiger partial charge in [-0.1, -0.05) is 12.1 Å². The van der Waals surface area contributed by atoms with Crippen molar-refractivity contribution in [2.75, 3.05) is 0 Å². The molecule has 0 heterocycles. The van der Waals surface area contributed by atoms with E-state index in [1.807, 2.05) is 0 Å². The standard InChI is InChI=1S/C10H14FNO/c1-6-3-4-8(9(11)5-6)10(12)7(2)13/h3-5,7,10,13H,12H2,1-2H3/t7?,10-/m0/s1. The Hall–Kier alpha value is -0.930. The maximum absolute atomic E-state index is 13.3. The largest absolute Gasteiger partial charge is 0.391 e. The molecule has 0 saturated heterocycles. The first-order valence-corrected chi connectivity index (χ1v) is 4.22. The first kappa shape index (κ1) is 10.2. The van der Waals surface area contributed by atoms with Gasteiger partial charge < -0.3 is 10.8 Å². The molecular weight excluding hydrogens is 169 g/mol. The van der Waals surface area contributed by atoms with Crippen LogP contribution in [0.2, 0.25) is 0 Å². The summed E-state index contributed by atoms with van der Waals surface area (Å²) in [5, 5.41) is 9.18. The first-order valence-electron chi connectivity index (χ1n) is 4.22. The molecule has 0 aromatic heterocycles. The van der Waals surface area contributed by atoms with Crippen molar-refractivity contribution in [1.29, 1.82) is 0 Å². The number of hydrogen-bond acceptors (Lipinski definition) is 2. The number of aryl methyl sites for hydroxylation is 1. The van der Waals surface area contributed by atoms with Gasteiger partial charge in [-0.2, -0.15) is 0 Å². The molecule has 1 aromatic carbocycles. The van der Waals surface area contributed by atoms with Gasteiger partial charge in [0.1, 0.15) is 5.82 Å².